The largest absolute Gasteiger partial charge is 0.445 e. The molecular formula is C19H20N2O3. The molecule has 24 heavy (non-hydrogen) atoms. The standard InChI is InChI=1S/C19H20N2O3/c22-18(20-16-11-12-16)17(15-9-5-2-6-10-15)21-19(23)24-13-14-7-3-1-4-8-14/h1-10,16-17H,11-13H2,(H,20,22)(H,21,23)/t17-/m0/s1. The van der Waals surface area contributed by atoms with Crippen LogP contribution < -0.4 is 10.6 Å². The van der Waals surface area contributed by atoms with Crippen molar-refractivity contribution in [3.8, 4) is 0 Å². The van der Waals surface area contributed by atoms with Crippen LogP contribution in [-0.4, -0.2) is 18.0 Å². The minimum absolute atomic E-state index is 0.165. The van der Waals surface area contributed by atoms with Crippen molar-refractivity contribution in [2.45, 2.75) is 31.5 Å². The molecule has 1 aliphatic rings. The van der Waals surface area contributed by atoms with E-state index >= 15 is 0 Å². The lowest BCUT2D eigenvalue weighted by Crippen LogP contribution is -2.41. The molecule has 1 saturated carbocycles. The first kappa shape index (κ1) is 16.1. The van der Waals surface area contributed by atoms with Crippen LogP contribution in [0.1, 0.15) is 30.0 Å². The molecule has 3 rings (SSSR count). The normalized spacial score (nSPS) is 14.5. The summed E-state index contributed by atoms with van der Waals surface area (Å²) in [6.07, 6.45) is 1.37. The van der Waals surface area contributed by atoms with Gasteiger partial charge in [0.1, 0.15) is 12.6 Å². The highest BCUT2D eigenvalue weighted by atomic mass is 16.5. The highest BCUT2D eigenvalue weighted by molar-refractivity contribution is 5.87. The molecule has 0 spiro atoms. The van der Waals surface area contributed by atoms with E-state index in [4.69, 9.17) is 4.74 Å². The van der Waals surface area contributed by atoms with E-state index in [2.05, 4.69) is 10.6 Å². The molecule has 2 aromatic carbocycles. The van der Waals surface area contributed by atoms with Crippen LogP contribution >= 0.6 is 0 Å². The van der Waals surface area contributed by atoms with Gasteiger partial charge in [0.2, 0.25) is 5.91 Å². The number of carbonyl (C=O) groups is 2. The predicted octanol–water partition coefficient (Wildman–Crippen LogP) is 2.93. The summed E-state index contributed by atoms with van der Waals surface area (Å²) in [5.74, 6) is -0.208. The molecule has 0 saturated heterocycles. The van der Waals surface area contributed by atoms with Crippen LogP contribution in [0.25, 0.3) is 0 Å². The molecule has 5 heteroatoms. The molecule has 1 aliphatic carbocycles. The second-order valence-electron chi connectivity index (χ2n) is 5.83. The van der Waals surface area contributed by atoms with E-state index in [0.29, 0.717) is 0 Å². The van der Waals surface area contributed by atoms with Crippen LogP contribution in [0.4, 0.5) is 4.79 Å². The molecule has 1 atom stereocenters. The minimum atomic E-state index is -0.755. The molecule has 5 nitrogen and oxygen atoms in total. The quantitative estimate of drug-likeness (QED) is 0.858. The average molecular weight is 324 g/mol. The monoisotopic (exact) mass is 324 g/mol. The van der Waals surface area contributed by atoms with E-state index in [1.165, 1.54) is 0 Å². The van der Waals surface area contributed by atoms with E-state index in [1.54, 1.807) is 0 Å². The number of benzene rings is 2. The summed E-state index contributed by atoms with van der Waals surface area (Å²) in [5, 5.41) is 5.59. The third kappa shape index (κ3) is 4.59. The van der Waals surface area contributed by atoms with Crippen molar-refractivity contribution in [2.75, 3.05) is 0 Å². The third-order valence-electron chi connectivity index (χ3n) is 3.79. The summed E-state index contributed by atoms with van der Waals surface area (Å²) in [6.45, 7) is 0.165. The Labute approximate surface area is 141 Å². The Kier molecular flexibility index (Phi) is 5.11. The van der Waals surface area contributed by atoms with Crippen LogP contribution in [0.5, 0.6) is 0 Å². The van der Waals surface area contributed by atoms with Gasteiger partial charge in [0, 0.05) is 6.04 Å². The Hall–Kier alpha value is -2.82. The van der Waals surface area contributed by atoms with Crippen LogP contribution in [0, 0.1) is 0 Å². The van der Waals surface area contributed by atoms with Crippen molar-refractivity contribution in [2.24, 2.45) is 0 Å². The summed E-state index contributed by atoms with van der Waals surface area (Å²) in [6, 6.07) is 18.1. The Bertz CT molecular complexity index is 684. The van der Waals surface area contributed by atoms with Gasteiger partial charge in [-0.2, -0.15) is 0 Å². The van der Waals surface area contributed by atoms with Crippen molar-refractivity contribution >= 4 is 12.0 Å². The zero-order valence-electron chi connectivity index (χ0n) is 13.3. The van der Waals surface area contributed by atoms with E-state index < -0.39 is 12.1 Å². The molecule has 1 fully saturated rings. The summed E-state index contributed by atoms with van der Waals surface area (Å²) >= 11 is 0. The molecule has 2 N–H and O–H groups in total. The topological polar surface area (TPSA) is 67.4 Å². The molecule has 124 valence electrons. The predicted molar refractivity (Wildman–Crippen MR) is 90.1 cm³/mol. The number of alkyl carbamates (subject to hydrolysis) is 1. The number of amides is 2. The Morgan fingerprint density at radius 1 is 1.00 bits per heavy atom. The average Bonchev–Trinajstić information content (AvgIpc) is 3.43. The van der Waals surface area contributed by atoms with Crippen LogP contribution in [0.2, 0.25) is 0 Å². The molecular weight excluding hydrogens is 304 g/mol. The number of hydrogen-bond donors (Lipinski definition) is 2. The Morgan fingerprint density at radius 3 is 2.25 bits per heavy atom. The first-order chi connectivity index (χ1) is 11.7. The van der Waals surface area contributed by atoms with E-state index in [1.807, 2.05) is 60.7 Å². The van der Waals surface area contributed by atoms with Crippen molar-refractivity contribution in [3.05, 3.63) is 71.8 Å². The second-order valence-corrected chi connectivity index (χ2v) is 5.83. The molecule has 0 unspecified atom stereocenters. The van der Waals surface area contributed by atoms with Gasteiger partial charge in [-0.25, -0.2) is 4.79 Å². The van der Waals surface area contributed by atoms with Gasteiger partial charge in [0.25, 0.3) is 0 Å². The first-order valence-corrected chi connectivity index (χ1v) is 8.05. The zero-order chi connectivity index (χ0) is 16.8. The number of hydrogen-bond acceptors (Lipinski definition) is 3. The molecule has 0 radical (unpaired) electrons. The maximum absolute atomic E-state index is 12.4. The number of nitrogens with one attached hydrogen (secondary N) is 2. The summed E-state index contributed by atoms with van der Waals surface area (Å²) < 4.78 is 5.22. The van der Waals surface area contributed by atoms with Gasteiger partial charge in [-0.1, -0.05) is 60.7 Å². The van der Waals surface area contributed by atoms with Crippen molar-refractivity contribution in [1.29, 1.82) is 0 Å². The van der Waals surface area contributed by atoms with Crippen LogP contribution in [0.3, 0.4) is 0 Å². The lowest BCUT2D eigenvalue weighted by Gasteiger charge is -2.18. The van der Waals surface area contributed by atoms with E-state index in [9.17, 15) is 9.59 Å². The van der Waals surface area contributed by atoms with Crippen molar-refractivity contribution in [3.63, 3.8) is 0 Å². The second kappa shape index (κ2) is 7.64. The fourth-order valence-corrected chi connectivity index (χ4v) is 2.34. The summed E-state index contributed by atoms with van der Waals surface area (Å²) in [5.41, 5.74) is 1.62. The van der Waals surface area contributed by atoms with Gasteiger partial charge in [-0.05, 0) is 24.0 Å². The van der Waals surface area contributed by atoms with Crippen LogP contribution in [-0.2, 0) is 16.1 Å². The molecule has 2 aromatic rings. The number of carbonyl (C=O) groups excluding carboxylic acids is 2. The lowest BCUT2D eigenvalue weighted by atomic mass is 10.1. The van der Waals surface area contributed by atoms with Gasteiger partial charge >= 0.3 is 6.09 Å². The summed E-state index contributed by atoms with van der Waals surface area (Å²) in [7, 11) is 0. The van der Waals surface area contributed by atoms with E-state index in [-0.39, 0.29) is 18.6 Å². The SMILES string of the molecule is O=C(N[C@H](C(=O)NC1CC1)c1ccccc1)OCc1ccccc1. The van der Waals surface area contributed by atoms with Crippen molar-refractivity contribution < 1.29 is 14.3 Å². The molecule has 2 amide bonds. The highest BCUT2D eigenvalue weighted by Crippen LogP contribution is 2.21. The maximum Gasteiger partial charge on any atom is 0.408 e. The van der Waals surface area contributed by atoms with Gasteiger partial charge in [0.05, 0.1) is 0 Å². The van der Waals surface area contributed by atoms with E-state index in [0.717, 1.165) is 24.0 Å². The highest BCUT2D eigenvalue weighted by Gasteiger charge is 2.29. The van der Waals surface area contributed by atoms with Gasteiger partial charge in [0.15, 0.2) is 0 Å². The lowest BCUT2D eigenvalue weighted by molar-refractivity contribution is -0.123. The Balaban J connectivity index is 1.62. The molecule has 0 aliphatic heterocycles. The minimum Gasteiger partial charge on any atom is -0.445 e. The van der Waals surface area contributed by atoms with Gasteiger partial charge in [-0.15, -0.1) is 0 Å². The molecule has 0 heterocycles. The van der Waals surface area contributed by atoms with Gasteiger partial charge in [-0.3, -0.25) is 4.79 Å². The fourth-order valence-electron chi connectivity index (χ4n) is 2.34. The molecule has 0 aromatic heterocycles. The number of rotatable bonds is 6. The van der Waals surface area contributed by atoms with Gasteiger partial charge < -0.3 is 15.4 Å². The summed E-state index contributed by atoms with van der Waals surface area (Å²) in [4.78, 5) is 24.5. The first-order valence-electron chi connectivity index (χ1n) is 8.05. The number of ether oxygens (including phenoxy) is 1. The Morgan fingerprint density at radius 2 is 1.62 bits per heavy atom. The van der Waals surface area contributed by atoms with Crippen molar-refractivity contribution in [1.82, 2.24) is 10.6 Å². The fraction of sp³-hybridized carbons (Fsp3) is 0.263. The molecule has 0 bridgehead atoms. The third-order valence-corrected chi connectivity index (χ3v) is 3.79. The maximum atomic E-state index is 12.4. The smallest absolute Gasteiger partial charge is 0.408 e. The zero-order valence-corrected chi connectivity index (χ0v) is 13.3. The van der Waals surface area contributed by atoms with Crippen LogP contribution in [0.15, 0.2) is 60.7 Å².